The molecule has 3 rings (SSSR count). The van der Waals surface area contributed by atoms with Crippen LogP contribution in [-0.4, -0.2) is 8.42 Å². The second-order valence-corrected chi connectivity index (χ2v) is 7.67. The zero-order chi connectivity index (χ0) is 21.3. The molecule has 0 radical (unpaired) electrons. The van der Waals surface area contributed by atoms with Gasteiger partial charge in [-0.2, -0.15) is 0 Å². The number of hydrogen-bond acceptors (Lipinski definition) is 2. The Morgan fingerprint density at radius 1 is 0.655 bits per heavy atom. The molecule has 0 spiro atoms. The average molecular weight is 431 g/mol. The first-order chi connectivity index (χ1) is 13.6. The summed E-state index contributed by atoms with van der Waals surface area (Å²) in [5.74, 6) is -12.8. The van der Waals surface area contributed by atoms with Gasteiger partial charge in [-0.25, -0.2) is 34.8 Å². The lowest BCUT2D eigenvalue weighted by Crippen LogP contribution is -2.32. The molecular weight excluding hydrogens is 420 g/mol. The van der Waals surface area contributed by atoms with Gasteiger partial charge in [0.1, 0.15) is 5.82 Å². The van der Waals surface area contributed by atoms with Gasteiger partial charge >= 0.3 is 0 Å². The number of halogens is 6. The minimum atomic E-state index is -5.24. The fourth-order valence-electron chi connectivity index (χ4n) is 2.59. The maximum absolute atomic E-state index is 14.2. The van der Waals surface area contributed by atoms with E-state index in [0.29, 0.717) is 4.31 Å². The van der Waals surface area contributed by atoms with Gasteiger partial charge in [0.05, 0.1) is 12.2 Å². The van der Waals surface area contributed by atoms with E-state index >= 15 is 0 Å². The summed E-state index contributed by atoms with van der Waals surface area (Å²) in [6.07, 6.45) is 0. The van der Waals surface area contributed by atoms with E-state index in [2.05, 4.69) is 0 Å². The van der Waals surface area contributed by atoms with Crippen molar-refractivity contribution in [2.75, 3.05) is 4.31 Å². The molecule has 0 amide bonds. The van der Waals surface area contributed by atoms with E-state index in [1.54, 1.807) is 0 Å². The average Bonchev–Trinajstić information content (AvgIpc) is 2.70. The maximum atomic E-state index is 14.2. The molecule has 10 heteroatoms. The van der Waals surface area contributed by atoms with Gasteiger partial charge < -0.3 is 0 Å². The number of nitrogens with zero attached hydrogens (tertiary/aromatic N) is 1. The van der Waals surface area contributed by atoms with E-state index in [1.165, 1.54) is 42.5 Å². The van der Waals surface area contributed by atoms with Crippen molar-refractivity contribution in [2.45, 2.75) is 11.4 Å². The Bertz CT molecular complexity index is 1120. The molecule has 3 aromatic rings. The van der Waals surface area contributed by atoms with Gasteiger partial charge in [-0.05, 0) is 29.8 Å². The van der Waals surface area contributed by atoms with Gasteiger partial charge in [0.15, 0.2) is 28.2 Å². The molecule has 0 saturated heterocycles. The van der Waals surface area contributed by atoms with Crippen LogP contribution in [0.1, 0.15) is 5.56 Å². The van der Waals surface area contributed by atoms with E-state index in [1.807, 2.05) is 0 Å². The van der Waals surface area contributed by atoms with Crippen LogP contribution in [0, 0.1) is 34.9 Å². The largest absolute Gasteiger partial charge is 0.270 e. The standard InChI is InChI=1S/C19H11F6NO2S/c20-12-8-6-11(7-9-12)10-26(13-4-2-1-3-5-13)29(27,28)19-17(24)15(22)14(21)16(23)18(19)25/h1-9H,10H2. The van der Waals surface area contributed by atoms with Crippen LogP contribution in [0.5, 0.6) is 0 Å². The number of sulfonamides is 1. The molecule has 0 atom stereocenters. The summed E-state index contributed by atoms with van der Waals surface area (Å²) in [6.45, 7) is -0.549. The third-order valence-electron chi connectivity index (χ3n) is 4.00. The number of rotatable bonds is 5. The number of para-hydroxylation sites is 1. The molecule has 3 nitrogen and oxygen atoms in total. The molecular formula is C19H11F6NO2S. The van der Waals surface area contributed by atoms with Crippen molar-refractivity contribution in [1.82, 2.24) is 0 Å². The van der Waals surface area contributed by atoms with Crippen LogP contribution in [0.2, 0.25) is 0 Å². The first-order valence-corrected chi connectivity index (χ1v) is 9.42. The van der Waals surface area contributed by atoms with Crippen LogP contribution in [0.4, 0.5) is 32.0 Å². The monoisotopic (exact) mass is 431 g/mol. The normalized spacial score (nSPS) is 11.5. The summed E-state index contributed by atoms with van der Waals surface area (Å²) in [5, 5.41) is 0. The van der Waals surface area contributed by atoms with Gasteiger partial charge in [0, 0.05) is 0 Å². The lowest BCUT2D eigenvalue weighted by molar-refractivity contribution is 0.357. The lowest BCUT2D eigenvalue weighted by Gasteiger charge is -2.25. The van der Waals surface area contributed by atoms with Crippen LogP contribution in [0.3, 0.4) is 0 Å². The number of hydrogen-bond donors (Lipinski definition) is 0. The molecule has 0 aliphatic heterocycles. The van der Waals surface area contributed by atoms with Gasteiger partial charge in [0.2, 0.25) is 5.82 Å². The minimum Gasteiger partial charge on any atom is -0.262 e. The van der Waals surface area contributed by atoms with Crippen LogP contribution >= 0.6 is 0 Å². The summed E-state index contributed by atoms with van der Waals surface area (Å²) in [7, 11) is -5.24. The van der Waals surface area contributed by atoms with Crippen molar-refractivity contribution in [3.8, 4) is 0 Å². The fraction of sp³-hybridized carbons (Fsp3) is 0.0526. The first kappa shape index (κ1) is 20.7. The maximum Gasteiger partial charge on any atom is 0.270 e. The molecule has 0 saturated carbocycles. The van der Waals surface area contributed by atoms with Crippen LogP contribution in [-0.2, 0) is 16.6 Å². The minimum absolute atomic E-state index is 0.0965. The molecule has 152 valence electrons. The molecule has 0 aromatic heterocycles. The van der Waals surface area contributed by atoms with Gasteiger partial charge in [-0.1, -0.05) is 30.3 Å². The molecule has 0 unspecified atom stereocenters. The Labute approximate surface area is 161 Å². The molecule has 0 aliphatic rings. The highest BCUT2D eigenvalue weighted by Gasteiger charge is 2.37. The van der Waals surface area contributed by atoms with Crippen LogP contribution in [0.15, 0.2) is 59.5 Å². The number of anilines is 1. The van der Waals surface area contributed by atoms with Crippen molar-refractivity contribution >= 4 is 15.7 Å². The second kappa shape index (κ2) is 7.78. The van der Waals surface area contributed by atoms with E-state index < -0.39 is 56.4 Å². The third-order valence-corrected chi connectivity index (χ3v) is 5.80. The highest BCUT2D eigenvalue weighted by Crippen LogP contribution is 2.32. The van der Waals surface area contributed by atoms with E-state index in [4.69, 9.17) is 0 Å². The van der Waals surface area contributed by atoms with E-state index in [-0.39, 0.29) is 11.3 Å². The molecule has 0 aliphatic carbocycles. The van der Waals surface area contributed by atoms with Crippen molar-refractivity contribution in [2.24, 2.45) is 0 Å². The SMILES string of the molecule is O=S(=O)(c1c(F)c(F)c(F)c(F)c1F)N(Cc1ccc(F)cc1)c1ccccc1. The summed E-state index contributed by atoms with van der Waals surface area (Å²) in [5.41, 5.74) is 0.114. The molecule has 0 fully saturated rings. The second-order valence-electron chi connectivity index (χ2n) is 5.87. The molecule has 3 aromatic carbocycles. The fourth-order valence-corrected chi connectivity index (χ4v) is 4.16. The van der Waals surface area contributed by atoms with Crippen molar-refractivity contribution in [1.29, 1.82) is 0 Å². The molecule has 0 bridgehead atoms. The Morgan fingerprint density at radius 3 is 1.66 bits per heavy atom. The summed E-state index contributed by atoms with van der Waals surface area (Å²) < 4.78 is 108. The number of benzene rings is 3. The van der Waals surface area contributed by atoms with E-state index in [9.17, 15) is 34.8 Å². The summed E-state index contributed by atoms with van der Waals surface area (Å²) in [4.78, 5) is -1.97. The van der Waals surface area contributed by atoms with Crippen molar-refractivity contribution in [3.05, 3.63) is 95.1 Å². The zero-order valence-electron chi connectivity index (χ0n) is 14.3. The topological polar surface area (TPSA) is 37.4 Å². The Balaban J connectivity index is 2.21. The zero-order valence-corrected chi connectivity index (χ0v) is 15.2. The third kappa shape index (κ3) is 3.80. The first-order valence-electron chi connectivity index (χ1n) is 7.98. The summed E-state index contributed by atoms with van der Waals surface area (Å²) >= 11 is 0. The van der Waals surface area contributed by atoms with Crippen LogP contribution in [0.25, 0.3) is 0 Å². The molecule has 0 heterocycles. The van der Waals surface area contributed by atoms with Gasteiger partial charge in [0.25, 0.3) is 10.0 Å². The Kier molecular flexibility index (Phi) is 5.56. The van der Waals surface area contributed by atoms with Gasteiger partial charge in [-0.15, -0.1) is 0 Å². The Hall–Kier alpha value is -3.01. The highest BCUT2D eigenvalue weighted by atomic mass is 32.2. The quantitative estimate of drug-likeness (QED) is 0.327. The van der Waals surface area contributed by atoms with E-state index in [0.717, 1.165) is 12.1 Å². The Morgan fingerprint density at radius 2 is 1.14 bits per heavy atom. The van der Waals surface area contributed by atoms with Crippen molar-refractivity contribution in [3.63, 3.8) is 0 Å². The van der Waals surface area contributed by atoms with Gasteiger partial charge in [-0.3, -0.25) is 4.31 Å². The predicted molar refractivity (Wildman–Crippen MR) is 92.4 cm³/mol. The lowest BCUT2D eigenvalue weighted by atomic mass is 10.2. The highest BCUT2D eigenvalue weighted by molar-refractivity contribution is 7.92. The smallest absolute Gasteiger partial charge is 0.262 e. The predicted octanol–water partition coefficient (Wildman–Crippen LogP) is 4.92. The van der Waals surface area contributed by atoms with Crippen LogP contribution < -0.4 is 4.31 Å². The molecule has 0 N–H and O–H groups in total. The molecule has 29 heavy (non-hydrogen) atoms. The van der Waals surface area contributed by atoms with Crippen molar-refractivity contribution < 1.29 is 34.8 Å². The summed E-state index contributed by atoms with van der Waals surface area (Å²) in [6, 6.07) is 11.4.